The summed E-state index contributed by atoms with van der Waals surface area (Å²) in [5.74, 6) is 0.215. The molecule has 0 aliphatic rings. The maximum absolute atomic E-state index is 13.1. The molecule has 2 N–H and O–H groups in total. The molecule has 0 heterocycles. The molecule has 0 aromatic heterocycles. The Morgan fingerprint density at radius 1 is 0.789 bits per heavy atom. The number of methoxy groups -OCH3 is 1. The highest BCUT2D eigenvalue weighted by Crippen LogP contribution is 2.31. The van der Waals surface area contributed by atoms with Crippen LogP contribution in [0.5, 0.6) is 11.5 Å². The third kappa shape index (κ3) is 7.16. The molecule has 0 saturated carbocycles. The second kappa shape index (κ2) is 13.0. The summed E-state index contributed by atoms with van der Waals surface area (Å²) in [4.78, 5) is 26.2. The van der Waals surface area contributed by atoms with Crippen molar-refractivity contribution in [2.24, 2.45) is 0 Å². The van der Waals surface area contributed by atoms with Gasteiger partial charge in [-0.2, -0.15) is 0 Å². The summed E-state index contributed by atoms with van der Waals surface area (Å²) in [5.41, 5.74) is 2.31. The minimum absolute atomic E-state index is 0.248. The molecule has 0 bridgehead atoms. The van der Waals surface area contributed by atoms with Gasteiger partial charge in [-0.05, 0) is 60.2 Å². The Morgan fingerprint density at radius 2 is 1.39 bits per heavy atom. The topological polar surface area (TPSA) is 76.7 Å². The molecule has 0 radical (unpaired) electrons. The van der Waals surface area contributed by atoms with Gasteiger partial charge in [-0.25, -0.2) is 0 Å². The van der Waals surface area contributed by atoms with Crippen LogP contribution in [0.4, 0.5) is 0 Å². The quantitative estimate of drug-likeness (QED) is 0.185. The van der Waals surface area contributed by atoms with Crippen molar-refractivity contribution < 1.29 is 19.1 Å². The molecular weight excluding hydrogens is 636 g/mol. The Hall–Kier alpha value is -3.33. The largest absolute Gasteiger partial charge is 0.493 e. The number of carbonyl (C=O) groups is 2. The van der Waals surface area contributed by atoms with Gasteiger partial charge in [0.1, 0.15) is 12.8 Å². The SMILES string of the molecule is COc1cc(C(NC(=O)c2cccc(Br)c2)NC(=O)c2cccc(Br)c2)ccc1OCc1ccccc1Cl. The van der Waals surface area contributed by atoms with Crippen LogP contribution in [0.1, 0.15) is 38.0 Å². The highest BCUT2D eigenvalue weighted by atomic mass is 79.9. The van der Waals surface area contributed by atoms with Crippen LogP contribution in [0.15, 0.2) is 99.9 Å². The van der Waals surface area contributed by atoms with E-state index in [0.29, 0.717) is 33.2 Å². The molecule has 0 spiro atoms. The summed E-state index contributed by atoms with van der Waals surface area (Å²) in [6.45, 7) is 0.248. The highest BCUT2D eigenvalue weighted by molar-refractivity contribution is 9.10. The molecule has 194 valence electrons. The van der Waals surface area contributed by atoms with E-state index in [1.165, 1.54) is 7.11 Å². The monoisotopic (exact) mass is 656 g/mol. The second-order valence-electron chi connectivity index (χ2n) is 8.19. The van der Waals surface area contributed by atoms with Gasteiger partial charge in [-0.15, -0.1) is 0 Å². The van der Waals surface area contributed by atoms with E-state index >= 15 is 0 Å². The first kappa shape index (κ1) is 27.7. The van der Waals surface area contributed by atoms with Crippen LogP contribution in [0.3, 0.4) is 0 Å². The maximum atomic E-state index is 13.1. The molecule has 0 fully saturated rings. The lowest BCUT2D eigenvalue weighted by atomic mass is 10.1. The molecule has 38 heavy (non-hydrogen) atoms. The number of benzene rings is 4. The second-order valence-corrected chi connectivity index (χ2v) is 10.4. The smallest absolute Gasteiger partial charge is 0.253 e. The number of hydrogen-bond donors (Lipinski definition) is 2. The van der Waals surface area contributed by atoms with Crippen LogP contribution in [-0.2, 0) is 6.61 Å². The summed E-state index contributed by atoms with van der Waals surface area (Å²) in [7, 11) is 1.52. The van der Waals surface area contributed by atoms with E-state index in [1.807, 2.05) is 30.3 Å². The van der Waals surface area contributed by atoms with Crippen molar-refractivity contribution in [2.75, 3.05) is 7.11 Å². The minimum atomic E-state index is -0.862. The van der Waals surface area contributed by atoms with Crippen LogP contribution >= 0.6 is 43.5 Å². The first-order valence-corrected chi connectivity index (χ1v) is 13.5. The number of rotatable bonds is 9. The van der Waals surface area contributed by atoms with Gasteiger partial charge in [0, 0.05) is 30.7 Å². The summed E-state index contributed by atoms with van der Waals surface area (Å²) in [5, 5.41) is 6.43. The predicted octanol–water partition coefficient (Wildman–Crippen LogP) is 7.31. The third-order valence-electron chi connectivity index (χ3n) is 5.59. The molecule has 0 saturated heterocycles. The van der Waals surface area contributed by atoms with Gasteiger partial charge in [-0.1, -0.05) is 79.9 Å². The van der Waals surface area contributed by atoms with Gasteiger partial charge in [0.25, 0.3) is 11.8 Å². The van der Waals surface area contributed by atoms with E-state index in [1.54, 1.807) is 60.7 Å². The molecule has 0 aliphatic carbocycles. The zero-order valence-corrected chi connectivity index (χ0v) is 24.1. The van der Waals surface area contributed by atoms with Gasteiger partial charge in [0.15, 0.2) is 11.5 Å². The maximum Gasteiger partial charge on any atom is 0.253 e. The van der Waals surface area contributed by atoms with Crippen LogP contribution in [0, 0.1) is 0 Å². The van der Waals surface area contributed by atoms with Gasteiger partial charge in [-0.3, -0.25) is 9.59 Å². The van der Waals surface area contributed by atoms with Crippen molar-refractivity contribution in [1.82, 2.24) is 10.6 Å². The van der Waals surface area contributed by atoms with Crippen molar-refractivity contribution >= 4 is 55.3 Å². The molecule has 0 atom stereocenters. The van der Waals surface area contributed by atoms with Gasteiger partial charge < -0.3 is 20.1 Å². The summed E-state index contributed by atoms with van der Waals surface area (Å²) in [6.07, 6.45) is -0.862. The average molecular weight is 659 g/mol. The number of halogens is 3. The number of carbonyl (C=O) groups excluding carboxylic acids is 2. The van der Waals surface area contributed by atoms with E-state index in [0.717, 1.165) is 14.5 Å². The average Bonchev–Trinajstić information content (AvgIpc) is 2.92. The van der Waals surface area contributed by atoms with Crippen molar-refractivity contribution in [3.8, 4) is 11.5 Å². The first-order chi connectivity index (χ1) is 18.3. The molecular formula is C29H23Br2ClN2O4. The Morgan fingerprint density at radius 3 is 1.95 bits per heavy atom. The minimum Gasteiger partial charge on any atom is -0.493 e. The van der Waals surface area contributed by atoms with Crippen LogP contribution < -0.4 is 20.1 Å². The normalized spacial score (nSPS) is 10.7. The van der Waals surface area contributed by atoms with Gasteiger partial charge in [0.2, 0.25) is 0 Å². The molecule has 4 aromatic rings. The van der Waals surface area contributed by atoms with E-state index < -0.39 is 6.17 Å². The zero-order chi connectivity index (χ0) is 27.1. The van der Waals surface area contributed by atoms with Crippen LogP contribution in [0.25, 0.3) is 0 Å². The standard InChI is InChI=1S/C29H23Br2ClN2O4/c1-37-26-16-18(12-13-25(26)38-17-21-6-2-3-11-24(21)32)27(33-28(35)19-7-4-9-22(30)14-19)34-29(36)20-8-5-10-23(31)15-20/h2-16,27H,17H2,1H3,(H,33,35)(H,34,36). The van der Waals surface area contributed by atoms with E-state index in [-0.39, 0.29) is 18.4 Å². The van der Waals surface area contributed by atoms with Crippen molar-refractivity contribution in [2.45, 2.75) is 12.8 Å². The van der Waals surface area contributed by atoms with Crippen molar-refractivity contribution in [3.63, 3.8) is 0 Å². The Bertz CT molecular complexity index is 1400. The summed E-state index contributed by atoms with van der Waals surface area (Å²) in [6, 6.07) is 26.6. The molecule has 4 rings (SSSR count). The zero-order valence-electron chi connectivity index (χ0n) is 20.2. The summed E-state index contributed by atoms with van der Waals surface area (Å²) >= 11 is 13.0. The molecule has 9 heteroatoms. The highest BCUT2D eigenvalue weighted by Gasteiger charge is 2.21. The van der Waals surface area contributed by atoms with Gasteiger partial charge >= 0.3 is 0 Å². The lowest BCUT2D eigenvalue weighted by Gasteiger charge is -2.22. The van der Waals surface area contributed by atoms with Crippen LogP contribution in [0.2, 0.25) is 5.02 Å². The lowest BCUT2D eigenvalue weighted by molar-refractivity contribution is 0.0883. The van der Waals surface area contributed by atoms with Crippen LogP contribution in [-0.4, -0.2) is 18.9 Å². The van der Waals surface area contributed by atoms with E-state index in [9.17, 15) is 9.59 Å². The van der Waals surface area contributed by atoms with Crippen molar-refractivity contribution in [3.05, 3.63) is 127 Å². The molecule has 2 amide bonds. The lowest BCUT2D eigenvalue weighted by Crippen LogP contribution is -2.41. The predicted molar refractivity (Wildman–Crippen MR) is 155 cm³/mol. The Balaban J connectivity index is 1.61. The molecule has 4 aromatic carbocycles. The number of hydrogen-bond acceptors (Lipinski definition) is 4. The Kier molecular flexibility index (Phi) is 9.44. The molecule has 0 aliphatic heterocycles. The Labute approximate surface area is 242 Å². The van der Waals surface area contributed by atoms with E-state index in [2.05, 4.69) is 42.5 Å². The third-order valence-corrected chi connectivity index (χ3v) is 6.94. The fourth-order valence-electron chi connectivity index (χ4n) is 3.64. The van der Waals surface area contributed by atoms with E-state index in [4.69, 9.17) is 21.1 Å². The molecule has 0 unspecified atom stereocenters. The summed E-state index contributed by atoms with van der Waals surface area (Å²) < 4.78 is 13.1. The molecule has 6 nitrogen and oxygen atoms in total. The number of nitrogens with one attached hydrogen (secondary N) is 2. The fraction of sp³-hybridized carbons (Fsp3) is 0.103. The van der Waals surface area contributed by atoms with Crippen molar-refractivity contribution in [1.29, 1.82) is 0 Å². The fourth-order valence-corrected chi connectivity index (χ4v) is 4.63. The number of amides is 2. The first-order valence-electron chi connectivity index (χ1n) is 11.5. The van der Waals surface area contributed by atoms with Gasteiger partial charge in [0.05, 0.1) is 7.11 Å². The number of ether oxygens (including phenoxy) is 2.